The van der Waals surface area contributed by atoms with Gasteiger partial charge in [-0.1, -0.05) is 103 Å². The van der Waals surface area contributed by atoms with Crippen LogP contribution in [0.2, 0.25) is 5.54 Å². The van der Waals surface area contributed by atoms with Crippen molar-refractivity contribution in [2.24, 2.45) is 0 Å². The molecular formula is C34H31NOSi. The van der Waals surface area contributed by atoms with E-state index >= 15 is 0 Å². The van der Waals surface area contributed by atoms with Gasteiger partial charge in [0.2, 0.25) is 0 Å². The second-order valence-electron chi connectivity index (χ2n) is 10.3. The molecule has 0 amide bonds. The molecule has 0 N–H and O–H groups in total. The molecule has 5 aromatic rings. The first-order valence-electron chi connectivity index (χ1n) is 13.5. The Balaban J connectivity index is 1.55. The van der Waals surface area contributed by atoms with Gasteiger partial charge in [-0.3, -0.25) is 0 Å². The number of hydrogen-bond acceptors (Lipinski definition) is 1. The first-order chi connectivity index (χ1) is 18.4. The highest BCUT2D eigenvalue weighted by molar-refractivity contribution is 7.12. The second kappa shape index (κ2) is 9.33. The van der Waals surface area contributed by atoms with Gasteiger partial charge in [0.05, 0.1) is 11.0 Å². The molecule has 0 bridgehead atoms. The lowest BCUT2D eigenvalue weighted by molar-refractivity contribution is 0.198. The Morgan fingerprint density at radius 2 is 1.38 bits per heavy atom. The van der Waals surface area contributed by atoms with Gasteiger partial charge < -0.3 is 9.30 Å². The first kappa shape index (κ1) is 22.5. The molecule has 0 spiro atoms. The molecule has 0 radical (unpaired) electrons. The molecule has 0 saturated carbocycles. The van der Waals surface area contributed by atoms with Crippen LogP contribution >= 0.6 is 0 Å². The van der Waals surface area contributed by atoms with Crippen LogP contribution in [0.4, 0.5) is 0 Å². The van der Waals surface area contributed by atoms with Gasteiger partial charge in [0.25, 0.3) is 0 Å². The Bertz CT molecular complexity index is 1590. The van der Waals surface area contributed by atoms with Crippen LogP contribution in [0.15, 0.2) is 121 Å². The van der Waals surface area contributed by atoms with Gasteiger partial charge in [0.15, 0.2) is 8.07 Å². The second-order valence-corrected chi connectivity index (χ2v) is 14.5. The molecule has 2 aliphatic rings. The van der Waals surface area contributed by atoms with Gasteiger partial charge in [0.1, 0.15) is 0 Å². The molecule has 1 atom stereocenters. The van der Waals surface area contributed by atoms with Gasteiger partial charge in [-0.15, -0.1) is 0 Å². The van der Waals surface area contributed by atoms with E-state index in [0.717, 1.165) is 32.5 Å². The topological polar surface area (TPSA) is 14.2 Å². The number of nitrogens with zero attached hydrogens (tertiary/aromatic N) is 1. The van der Waals surface area contributed by atoms with Crippen LogP contribution in [0.5, 0.6) is 0 Å². The number of hydrogen-bond donors (Lipinski definition) is 0. The maximum absolute atomic E-state index is 6.08. The SMILES string of the molecule is C1=CC(n2c3ccccc3c3cc([Si](c4ccccc4)(c4ccccc4)C4CCOC4)ccc32)=CCC1. The molecule has 3 heteroatoms. The van der Waals surface area contributed by atoms with Gasteiger partial charge >= 0.3 is 0 Å². The molecule has 182 valence electrons. The van der Waals surface area contributed by atoms with Crippen LogP contribution in [0, 0.1) is 0 Å². The quantitative estimate of drug-likeness (QED) is 0.207. The van der Waals surface area contributed by atoms with E-state index in [-0.39, 0.29) is 0 Å². The third kappa shape index (κ3) is 3.57. The Morgan fingerprint density at radius 3 is 2.05 bits per heavy atom. The predicted molar refractivity (Wildman–Crippen MR) is 159 cm³/mol. The van der Waals surface area contributed by atoms with Gasteiger partial charge in [-0.25, -0.2) is 0 Å². The predicted octanol–water partition coefficient (Wildman–Crippen LogP) is 6.25. The first-order valence-corrected chi connectivity index (χ1v) is 15.5. The number of rotatable bonds is 5. The van der Waals surface area contributed by atoms with Crippen molar-refractivity contribution in [3.05, 3.63) is 121 Å². The molecule has 1 aliphatic heterocycles. The molecule has 2 nitrogen and oxygen atoms in total. The summed E-state index contributed by atoms with van der Waals surface area (Å²) in [4.78, 5) is 0. The van der Waals surface area contributed by atoms with E-state index in [1.54, 1.807) is 0 Å². The number of para-hydroxylation sites is 1. The minimum absolute atomic E-state index is 0.493. The van der Waals surface area contributed by atoms with E-state index < -0.39 is 8.07 Å². The zero-order chi connectivity index (χ0) is 24.7. The lowest BCUT2D eigenvalue weighted by atomic mass is 10.1. The van der Waals surface area contributed by atoms with E-state index in [1.165, 1.54) is 43.1 Å². The van der Waals surface area contributed by atoms with Gasteiger partial charge in [-0.2, -0.15) is 0 Å². The molecule has 1 aliphatic carbocycles. The average Bonchev–Trinajstić information content (AvgIpc) is 3.62. The number of benzene rings is 4. The molecule has 4 aromatic carbocycles. The summed E-state index contributed by atoms with van der Waals surface area (Å²) >= 11 is 0. The summed E-state index contributed by atoms with van der Waals surface area (Å²) in [5.41, 5.74) is 4.34. The third-order valence-corrected chi connectivity index (χ3v) is 13.8. The maximum Gasteiger partial charge on any atom is 0.153 e. The van der Waals surface area contributed by atoms with Crippen molar-refractivity contribution in [1.82, 2.24) is 4.57 Å². The highest BCUT2D eigenvalue weighted by atomic mass is 28.3. The molecule has 2 heterocycles. The molecule has 1 unspecified atom stereocenters. The maximum atomic E-state index is 6.08. The summed E-state index contributed by atoms with van der Waals surface area (Å²) in [5, 5.41) is 7.08. The van der Waals surface area contributed by atoms with Crippen LogP contribution in [-0.2, 0) is 4.74 Å². The fourth-order valence-corrected chi connectivity index (χ4v) is 12.2. The average molecular weight is 498 g/mol. The number of ether oxygens (including phenoxy) is 1. The van der Waals surface area contributed by atoms with Crippen LogP contribution in [-0.4, -0.2) is 25.9 Å². The standard InChI is InChI=1S/C34H31NOSi/c1-4-12-26(13-5-1)35-33-19-11-10-18-31(33)32-24-29(20-21-34(32)35)37(30-22-23-36-25-30,27-14-6-2-7-15-27)28-16-8-3-9-17-28/h2-4,6-21,24,30H,1,5,22-23,25H2. The summed E-state index contributed by atoms with van der Waals surface area (Å²) in [6.07, 6.45) is 10.3. The Morgan fingerprint density at radius 1 is 0.676 bits per heavy atom. The smallest absolute Gasteiger partial charge is 0.153 e. The van der Waals surface area contributed by atoms with Crippen LogP contribution < -0.4 is 15.6 Å². The number of fused-ring (bicyclic) bond motifs is 3. The van der Waals surface area contributed by atoms with Crippen molar-refractivity contribution in [3.8, 4) is 0 Å². The molecule has 1 fully saturated rings. The van der Waals surface area contributed by atoms with Crippen molar-refractivity contribution in [3.63, 3.8) is 0 Å². The van der Waals surface area contributed by atoms with E-state index in [4.69, 9.17) is 4.74 Å². The summed E-state index contributed by atoms with van der Waals surface area (Å²) in [7, 11) is -2.39. The highest BCUT2D eigenvalue weighted by Crippen LogP contribution is 2.35. The van der Waals surface area contributed by atoms with Crippen LogP contribution in [0.1, 0.15) is 19.3 Å². The van der Waals surface area contributed by atoms with Crippen LogP contribution in [0.25, 0.3) is 27.5 Å². The van der Waals surface area contributed by atoms with Gasteiger partial charge in [-0.05, 0) is 58.6 Å². The highest BCUT2D eigenvalue weighted by Gasteiger charge is 2.47. The third-order valence-electron chi connectivity index (χ3n) is 8.36. The zero-order valence-corrected chi connectivity index (χ0v) is 22.0. The van der Waals surface area contributed by atoms with Gasteiger partial charge in [0, 0.05) is 29.7 Å². The lowest BCUT2D eigenvalue weighted by Crippen LogP contribution is -2.70. The van der Waals surface area contributed by atoms with Crippen molar-refractivity contribution in [2.45, 2.75) is 24.8 Å². The number of aromatic nitrogens is 1. The zero-order valence-electron chi connectivity index (χ0n) is 21.0. The van der Waals surface area contributed by atoms with E-state index in [2.05, 4.69) is 126 Å². The van der Waals surface area contributed by atoms with Crippen LogP contribution in [0.3, 0.4) is 0 Å². The molecular weight excluding hydrogens is 466 g/mol. The van der Waals surface area contributed by atoms with E-state index in [1.807, 2.05) is 0 Å². The van der Waals surface area contributed by atoms with Crippen molar-refractivity contribution < 1.29 is 4.74 Å². The molecule has 1 aromatic heterocycles. The van der Waals surface area contributed by atoms with E-state index in [0.29, 0.717) is 5.54 Å². The van der Waals surface area contributed by atoms with E-state index in [9.17, 15) is 0 Å². The fraction of sp³-hybridized carbons (Fsp3) is 0.176. The minimum atomic E-state index is -2.39. The van der Waals surface area contributed by atoms with Crippen molar-refractivity contribution in [1.29, 1.82) is 0 Å². The summed E-state index contributed by atoms with van der Waals surface area (Å²) < 4.78 is 8.54. The Labute approximate surface area is 219 Å². The lowest BCUT2D eigenvalue weighted by Gasteiger charge is -2.38. The number of allylic oxidation sites excluding steroid dienone is 4. The molecule has 1 saturated heterocycles. The summed E-state index contributed by atoms with van der Waals surface area (Å²) in [5.74, 6) is 0. The Kier molecular flexibility index (Phi) is 5.68. The molecule has 37 heavy (non-hydrogen) atoms. The summed E-state index contributed by atoms with van der Waals surface area (Å²) in [6, 6.07) is 38.8. The Hall–Kier alpha value is -3.66. The van der Waals surface area contributed by atoms with Crippen molar-refractivity contribution >= 4 is 51.1 Å². The minimum Gasteiger partial charge on any atom is -0.381 e. The van der Waals surface area contributed by atoms with Crippen molar-refractivity contribution in [2.75, 3.05) is 13.2 Å². The monoisotopic (exact) mass is 497 g/mol. The normalized spacial score (nSPS) is 17.9. The fourth-order valence-electron chi connectivity index (χ4n) is 6.75. The molecule has 7 rings (SSSR count). The largest absolute Gasteiger partial charge is 0.381 e. The summed E-state index contributed by atoms with van der Waals surface area (Å²) in [6.45, 7) is 1.68.